The number of nitrogens with zero attached hydrogens (tertiary/aromatic N) is 6. The molecule has 1 aromatic carbocycles. The van der Waals surface area contributed by atoms with Crippen LogP contribution < -0.4 is 26.0 Å². The van der Waals surface area contributed by atoms with E-state index < -0.39 is 5.91 Å². The maximum Gasteiger partial charge on any atom is 0.271 e. The van der Waals surface area contributed by atoms with E-state index in [4.69, 9.17) is 24.6 Å². The molecule has 5 heterocycles. The molecule has 1 amide bonds. The Morgan fingerprint density at radius 1 is 1.02 bits per heavy atom. The number of ether oxygens (including phenoxy) is 2. The van der Waals surface area contributed by atoms with E-state index in [0.717, 1.165) is 76.4 Å². The van der Waals surface area contributed by atoms with Crippen LogP contribution in [0.4, 0.5) is 23.0 Å². The molecule has 0 atom stereocenters. The molecule has 0 unspecified atom stereocenters. The zero-order valence-electron chi connectivity index (χ0n) is 25.8. The fourth-order valence-electron chi connectivity index (χ4n) is 6.29. The number of nitrogens with two attached hydrogens (primary N) is 1. The van der Waals surface area contributed by atoms with Crippen LogP contribution >= 0.6 is 0 Å². The van der Waals surface area contributed by atoms with Crippen LogP contribution in [0.3, 0.4) is 0 Å². The van der Waals surface area contributed by atoms with Gasteiger partial charge in [0, 0.05) is 83.2 Å². The largest absolute Gasteiger partial charge is 0.495 e. The highest BCUT2D eigenvalue weighted by atomic mass is 16.5. The first kappa shape index (κ1) is 30.1. The van der Waals surface area contributed by atoms with E-state index in [-0.39, 0.29) is 17.6 Å². The number of carbonyl (C=O) groups excluding carboxylic acids is 1. The lowest BCUT2D eigenvalue weighted by molar-refractivity contribution is 0.0904. The van der Waals surface area contributed by atoms with Crippen molar-refractivity contribution in [2.24, 2.45) is 5.73 Å². The first-order chi connectivity index (χ1) is 21.4. The number of benzene rings is 1. The van der Waals surface area contributed by atoms with Gasteiger partial charge in [-0.3, -0.25) is 9.69 Å². The number of likely N-dealkylation sites (N-methyl/N-ethyl adjacent to an activating group) is 1. The molecule has 0 spiro atoms. The van der Waals surface area contributed by atoms with Crippen molar-refractivity contribution in [1.29, 1.82) is 0 Å². The predicted octanol–water partition coefficient (Wildman–Crippen LogP) is 3.10. The lowest BCUT2D eigenvalue weighted by Gasteiger charge is -2.42. The minimum atomic E-state index is -0.707. The van der Waals surface area contributed by atoms with Crippen LogP contribution in [0.5, 0.6) is 5.75 Å². The zero-order valence-corrected chi connectivity index (χ0v) is 25.8. The average Bonchev–Trinajstić information content (AvgIpc) is 3.48. The molecular formula is C31H43N9O4. The lowest BCUT2D eigenvalue weighted by Crippen LogP contribution is -2.52. The van der Waals surface area contributed by atoms with Gasteiger partial charge in [0.15, 0.2) is 34.7 Å². The van der Waals surface area contributed by atoms with Crippen molar-refractivity contribution in [3.63, 3.8) is 0 Å². The number of anilines is 4. The van der Waals surface area contributed by atoms with E-state index in [0.29, 0.717) is 48.1 Å². The first-order valence-electron chi connectivity index (χ1n) is 15.5. The molecule has 3 fully saturated rings. The predicted molar refractivity (Wildman–Crippen MR) is 169 cm³/mol. The van der Waals surface area contributed by atoms with Crippen molar-refractivity contribution in [3.8, 4) is 17.2 Å². The zero-order chi connectivity index (χ0) is 30.6. The van der Waals surface area contributed by atoms with Gasteiger partial charge in [0.25, 0.3) is 5.91 Å². The van der Waals surface area contributed by atoms with Gasteiger partial charge in [0.1, 0.15) is 5.75 Å². The molecule has 3 saturated heterocycles. The number of aromatic nitrogens is 3. The standard InChI is InChI=1S/C31H43N9O4/c1-20-33-19-26(44-20)27-30(34-21-8-16-43-17-9-21)37-31(28(36-27)29(32)41)35-22-4-5-24(25(18-22)42-3)40-10-6-23(7-11-40)39-14-12-38(2)13-15-39/h4-5,18-19,21,23H,6-17H2,1-3H3,(H2,32,41)(H2,34,35,37). The summed E-state index contributed by atoms with van der Waals surface area (Å²) < 4.78 is 17.1. The van der Waals surface area contributed by atoms with Crippen molar-refractivity contribution in [2.75, 3.05) is 82.2 Å². The smallest absolute Gasteiger partial charge is 0.271 e. The van der Waals surface area contributed by atoms with E-state index in [2.05, 4.69) is 48.4 Å². The topological polar surface area (TPSA) is 147 Å². The number of amides is 1. The van der Waals surface area contributed by atoms with E-state index >= 15 is 0 Å². The number of carbonyl (C=O) groups is 1. The summed E-state index contributed by atoms with van der Waals surface area (Å²) in [6.45, 7) is 9.58. The fraction of sp³-hybridized carbons (Fsp3) is 0.548. The number of nitrogens with one attached hydrogen (secondary N) is 2. The van der Waals surface area contributed by atoms with Crippen LogP contribution in [0, 0.1) is 6.92 Å². The third kappa shape index (κ3) is 6.74. The number of piperazine rings is 1. The Bertz CT molecular complexity index is 1440. The highest BCUT2D eigenvalue weighted by Gasteiger charge is 2.28. The van der Waals surface area contributed by atoms with Gasteiger partial charge >= 0.3 is 0 Å². The minimum absolute atomic E-state index is 0.000558. The van der Waals surface area contributed by atoms with Crippen molar-refractivity contribution in [1.82, 2.24) is 24.8 Å². The molecule has 0 saturated carbocycles. The summed E-state index contributed by atoms with van der Waals surface area (Å²) in [7, 11) is 3.88. The van der Waals surface area contributed by atoms with Crippen molar-refractivity contribution in [3.05, 3.63) is 36.0 Å². The van der Waals surface area contributed by atoms with E-state index in [1.54, 1.807) is 20.2 Å². The van der Waals surface area contributed by atoms with Gasteiger partial charge in [-0.15, -0.1) is 0 Å². The molecule has 4 N–H and O–H groups in total. The second-order valence-electron chi connectivity index (χ2n) is 11.8. The molecule has 44 heavy (non-hydrogen) atoms. The molecule has 3 aliphatic heterocycles. The summed E-state index contributed by atoms with van der Waals surface area (Å²) in [6.07, 6.45) is 5.48. The van der Waals surface area contributed by atoms with Crippen molar-refractivity contribution in [2.45, 2.75) is 44.7 Å². The molecule has 0 bridgehead atoms. The van der Waals surface area contributed by atoms with Crippen LogP contribution in [0.25, 0.3) is 11.5 Å². The van der Waals surface area contributed by atoms with Crippen molar-refractivity contribution >= 4 is 28.9 Å². The summed E-state index contributed by atoms with van der Waals surface area (Å²) in [4.78, 5) is 33.7. The second kappa shape index (κ2) is 13.4. The van der Waals surface area contributed by atoms with E-state index in [1.807, 2.05) is 12.1 Å². The second-order valence-corrected chi connectivity index (χ2v) is 11.8. The molecule has 236 valence electrons. The molecule has 3 aromatic rings. The lowest BCUT2D eigenvalue weighted by atomic mass is 10.0. The average molecular weight is 606 g/mol. The Hall–Kier alpha value is -3.94. The van der Waals surface area contributed by atoms with Crippen LogP contribution in [0.2, 0.25) is 0 Å². The van der Waals surface area contributed by atoms with Crippen LogP contribution in [0.1, 0.15) is 42.1 Å². The summed E-state index contributed by atoms with van der Waals surface area (Å²) >= 11 is 0. The molecule has 6 rings (SSSR count). The maximum absolute atomic E-state index is 12.6. The highest BCUT2D eigenvalue weighted by Crippen LogP contribution is 2.36. The summed E-state index contributed by atoms with van der Waals surface area (Å²) in [5.41, 5.74) is 7.94. The third-order valence-corrected chi connectivity index (χ3v) is 8.85. The van der Waals surface area contributed by atoms with E-state index in [1.165, 1.54) is 0 Å². The summed E-state index contributed by atoms with van der Waals surface area (Å²) in [5.74, 6) is 1.65. The molecule has 13 nitrogen and oxygen atoms in total. The van der Waals surface area contributed by atoms with Gasteiger partial charge in [-0.05, 0) is 44.9 Å². The number of methoxy groups -OCH3 is 1. The van der Waals surface area contributed by atoms with Crippen LogP contribution in [0.15, 0.2) is 28.8 Å². The Morgan fingerprint density at radius 2 is 1.77 bits per heavy atom. The Kier molecular flexibility index (Phi) is 9.14. The molecule has 2 aromatic heterocycles. The van der Waals surface area contributed by atoms with Gasteiger partial charge in [0.05, 0.1) is 19.0 Å². The monoisotopic (exact) mass is 605 g/mol. The quantitative estimate of drug-likeness (QED) is 0.329. The molecule has 13 heteroatoms. The van der Waals surface area contributed by atoms with Crippen LogP contribution in [-0.2, 0) is 4.74 Å². The molecule has 0 aliphatic carbocycles. The van der Waals surface area contributed by atoms with E-state index in [9.17, 15) is 4.79 Å². The van der Waals surface area contributed by atoms with Gasteiger partial charge in [-0.2, -0.15) is 0 Å². The van der Waals surface area contributed by atoms with Gasteiger partial charge in [-0.25, -0.2) is 15.0 Å². The number of rotatable bonds is 9. The molecule has 3 aliphatic rings. The molecule has 0 radical (unpaired) electrons. The first-order valence-corrected chi connectivity index (χ1v) is 15.5. The molecular weight excluding hydrogens is 562 g/mol. The van der Waals surface area contributed by atoms with Crippen LogP contribution in [-0.4, -0.2) is 109 Å². The van der Waals surface area contributed by atoms with Crippen molar-refractivity contribution < 1.29 is 18.7 Å². The number of hydrogen-bond donors (Lipinski definition) is 3. The number of hydrogen-bond acceptors (Lipinski definition) is 12. The Balaban J connectivity index is 1.23. The SMILES string of the molecule is COc1cc(Nc2nc(NC3CCOCC3)c(-c3cnc(C)o3)nc2C(N)=O)ccc1N1CCC(N2CCN(C)CC2)CC1. The third-order valence-electron chi connectivity index (χ3n) is 8.85. The van der Waals surface area contributed by atoms with Gasteiger partial charge < -0.3 is 40.1 Å². The minimum Gasteiger partial charge on any atom is -0.495 e. The summed E-state index contributed by atoms with van der Waals surface area (Å²) in [6, 6.07) is 6.71. The number of aryl methyl sites for hydroxylation is 1. The number of primary amides is 1. The van der Waals surface area contributed by atoms with Gasteiger partial charge in [-0.1, -0.05) is 0 Å². The Morgan fingerprint density at radius 3 is 2.43 bits per heavy atom. The van der Waals surface area contributed by atoms with Gasteiger partial charge in [0.2, 0.25) is 0 Å². The summed E-state index contributed by atoms with van der Waals surface area (Å²) in [5, 5.41) is 6.76. The number of oxazole rings is 1. The fourth-order valence-corrected chi connectivity index (χ4v) is 6.29. The highest BCUT2D eigenvalue weighted by molar-refractivity contribution is 5.97. The maximum atomic E-state index is 12.6. The normalized spacial score (nSPS) is 19.2. The Labute approximate surface area is 258 Å². The number of piperidine rings is 1.